The van der Waals surface area contributed by atoms with Gasteiger partial charge in [-0.2, -0.15) is 0 Å². The van der Waals surface area contributed by atoms with Crippen molar-refractivity contribution in [3.63, 3.8) is 0 Å². The number of benzene rings is 1. The standard InChI is InChI=1S/C22H27N7OS/c23-12-15-11-16(1-2-18(15)24)27-21-20-17-3-4-29(6-5-28-7-9-30-10-8-28)13-19(17)31-22(20)26-14-25-21/h1-2,11-12,14,23H,3-10,13,24H2,(H,25,26,27). The lowest BCUT2D eigenvalue weighted by molar-refractivity contribution is 0.0327. The molecule has 1 aromatic carbocycles. The molecular formula is C22H27N7OS. The van der Waals surface area contributed by atoms with Gasteiger partial charge in [0.25, 0.3) is 0 Å². The van der Waals surface area contributed by atoms with Gasteiger partial charge >= 0.3 is 0 Å². The number of rotatable bonds is 6. The zero-order chi connectivity index (χ0) is 21.2. The van der Waals surface area contributed by atoms with Crippen molar-refractivity contribution < 1.29 is 4.74 Å². The number of aromatic nitrogens is 2. The second kappa shape index (κ2) is 8.88. The van der Waals surface area contributed by atoms with Crippen molar-refractivity contribution in [2.24, 2.45) is 0 Å². The summed E-state index contributed by atoms with van der Waals surface area (Å²) in [5.74, 6) is 0.824. The highest BCUT2D eigenvalue weighted by Gasteiger charge is 2.24. The predicted octanol–water partition coefficient (Wildman–Crippen LogP) is 2.71. The monoisotopic (exact) mass is 437 g/mol. The van der Waals surface area contributed by atoms with Crippen LogP contribution in [0.25, 0.3) is 10.2 Å². The number of hydrogen-bond acceptors (Lipinski definition) is 9. The minimum absolute atomic E-state index is 0.596. The third-order valence-electron chi connectivity index (χ3n) is 6.06. The van der Waals surface area contributed by atoms with E-state index in [-0.39, 0.29) is 0 Å². The van der Waals surface area contributed by atoms with E-state index >= 15 is 0 Å². The molecule has 0 radical (unpaired) electrons. The number of nitrogens with zero attached hydrogens (tertiary/aromatic N) is 4. The van der Waals surface area contributed by atoms with E-state index in [0.29, 0.717) is 11.3 Å². The first-order valence-corrected chi connectivity index (χ1v) is 11.5. The number of ether oxygens (including phenoxy) is 1. The van der Waals surface area contributed by atoms with Gasteiger partial charge in [-0.15, -0.1) is 11.3 Å². The summed E-state index contributed by atoms with van der Waals surface area (Å²) in [6.07, 6.45) is 3.90. The van der Waals surface area contributed by atoms with Crippen LogP contribution in [0.5, 0.6) is 0 Å². The summed E-state index contributed by atoms with van der Waals surface area (Å²) in [6.45, 7) is 7.99. The van der Waals surface area contributed by atoms with Gasteiger partial charge in [0.1, 0.15) is 17.0 Å². The number of anilines is 3. The Morgan fingerprint density at radius 3 is 2.84 bits per heavy atom. The number of hydrogen-bond donors (Lipinski definition) is 3. The van der Waals surface area contributed by atoms with E-state index in [2.05, 4.69) is 25.1 Å². The Morgan fingerprint density at radius 2 is 2.00 bits per heavy atom. The van der Waals surface area contributed by atoms with E-state index in [1.165, 1.54) is 16.7 Å². The lowest BCUT2D eigenvalue weighted by Gasteiger charge is -2.31. The topological polar surface area (TPSA) is 103 Å². The Morgan fingerprint density at radius 1 is 1.16 bits per heavy atom. The highest BCUT2D eigenvalue weighted by Crippen LogP contribution is 2.38. The molecule has 0 spiro atoms. The van der Waals surface area contributed by atoms with Crippen molar-refractivity contribution in [3.05, 3.63) is 40.5 Å². The molecule has 4 N–H and O–H groups in total. The van der Waals surface area contributed by atoms with E-state index in [9.17, 15) is 0 Å². The van der Waals surface area contributed by atoms with Crippen LogP contribution in [0.4, 0.5) is 17.2 Å². The average Bonchev–Trinajstić information content (AvgIpc) is 3.18. The molecule has 3 aromatic rings. The van der Waals surface area contributed by atoms with Gasteiger partial charge in [-0.3, -0.25) is 9.80 Å². The number of nitrogen functional groups attached to an aromatic ring is 1. The fourth-order valence-electron chi connectivity index (χ4n) is 4.29. The summed E-state index contributed by atoms with van der Waals surface area (Å²) < 4.78 is 5.45. The highest BCUT2D eigenvalue weighted by atomic mass is 32.1. The van der Waals surface area contributed by atoms with Gasteiger partial charge in [0.05, 0.1) is 18.6 Å². The molecule has 2 aromatic heterocycles. The van der Waals surface area contributed by atoms with Crippen LogP contribution in [0.1, 0.15) is 16.0 Å². The predicted molar refractivity (Wildman–Crippen MR) is 126 cm³/mol. The molecule has 162 valence electrons. The lowest BCUT2D eigenvalue weighted by atomic mass is 10.0. The van der Waals surface area contributed by atoms with Crippen molar-refractivity contribution >= 4 is 45.0 Å². The Balaban J connectivity index is 1.35. The number of morpholine rings is 1. The van der Waals surface area contributed by atoms with Crippen molar-refractivity contribution in [3.8, 4) is 0 Å². The molecule has 31 heavy (non-hydrogen) atoms. The smallest absolute Gasteiger partial charge is 0.142 e. The van der Waals surface area contributed by atoms with Gasteiger partial charge in [0.15, 0.2) is 0 Å². The van der Waals surface area contributed by atoms with E-state index < -0.39 is 0 Å². The van der Waals surface area contributed by atoms with Gasteiger partial charge < -0.3 is 21.2 Å². The van der Waals surface area contributed by atoms with Crippen LogP contribution in [-0.4, -0.2) is 71.9 Å². The summed E-state index contributed by atoms with van der Waals surface area (Å²) in [6, 6.07) is 5.61. The second-order valence-corrected chi connectivity index (χ2v) is 9.08. The number of thiophene rings is 1. The maximum atomic E-state index is 7.54. The summed E-state index contributed by atoms with van der Waals surface area (Å²) in [5, 5.41) is 12.1. The fourth-order valence-corrected chi connectivity index (χ4v) is 5.52. The first-order chi connectivity index (χ1) is 15.2. The van der Waals surface area contributed by atoms with E-state index in [1.807, 2.05) is 18.2 Å². The van der Waals surface area contributed by atoms with Crippen LogP contribution in [-0.2, 0) is 17.7 Å². The van der Waals surface area contributed by atoms with Gasteiger partial charge in [0.2, 0.25) is 0 Å². The average molecular weight is 438 g/mol. The van der Waals surface area contributed by atoms with Gasteiger partial charge in [0, 0.05) is 67.3 Å². The molecule has 0 bridgehead atoms. The maximum absolute atomic E-state index is 7.54. The van der Waals surface area contributed by atoms with Gasteiger partial charge in [-0.25, -0.2) is 9.97 Å². The molecule has 0 atom stereocenters. The Labute approximate surface area is 185 Å². The highest BCUT2D eigenvalue weighted by molar-refractivity contribution is 7.19. The molecule has 9 heteroatoms. The molecule has 0 unspecified atom stereocenters. The van der Waals surface area contributed by atoms with Crippen LogP contribution < -0.4 is 11.1 Å². The summed E-state index contributed by atoms with van der Waals surface area (Å²) >= 11 is 1.78. The SMILES string of the molecule is N=Cc1cc(Nc2ncnc3sc4c(c23)CCN(CCN2CCOCC2)C4)ccc1N. The molecule has 4 heterocycles. The summed E-state index contributed by atoms with van der Waals surface area (Å²) in [7, 11) is 0. The Bertz CT molecular complexity index is 1090. The Hall–Kier alpha value is -2.59. The molecule has 1 fully saturated rings. The van der Waals surface area contributed by atoms with Gasteiger partial charge in [-0.05, 0) is 30.2 Å². The van der Waals surface area contributed by atoms with Gasteiger partial charge in [-0.1, -0.05) is 0 Å². The molecule has 0 aliphatic carbocycles. The second-order valence-electron chi connectivity index (χ2n) is 8.00. The van der Waals surface area contributed by atoms with Crippen LogP contribution >= 0.6 is 11.3 Å². The van der Waals surface area contributed by atoms with Crippen molar-refractivity contribution in [2.75, 3.05) is 57.0 Å². The third-order valence-corrected chi connectivity index (χ3v) is 7.18. The molecule has 0 amide bonds. The lowest BCUT2D eigenvalue weighted by Crippen LogP contribution is -2.42. The normalized spacial score (nSPS) is 17.5. The molecule has 8 nitrogen and oxygen atoms in total. The van der Waals surface area contributed by atoms with Crippen molar-refractivity contribution in [1.29, 1.82) is 5.41 Å². The molecule has 1 saturated heterocycles. The first kappa shape index (κ1) is 20.3. The zero-order valence-corrected chi connectivity index (χ0v) is 18.2. The van der Waals surface area contributed by atoms with Crippen LogP contribution in [0.3, 0.4) is 0 Å². The van der Waals surface area contributed by atoms with E-state index in [0.717, 1.165) is 80.6 Å². The maximum Gasteiger partial charge on any atom is 0.142 e. The molecule has 2 aliphatic heterocycles. The molecular weight excluding hydrogens is 410 g/mol. The quantitative estimate of drug-likeness (QED) is 0.402. The van der Waals surface area contributed by atoms with Crippen LogP contribution in [0.2, 0.25) is 0 Å². The van der Waals surface area contributed by atoms with Crippen LogP contribution in [0, 0.1) is 5.41 Å². The minimum atomic E-state index is 0.596. The molecule has 0 saturated carbocycles. The fraction of sp³-hybridized carbons (Fsp3) is 0.409. The van der Waals surface area contributed by atoms with Crippen molar-refractivity contribution in [2.45, 2.75) is 13.0 Å². The Kier molecular flexibility index (Phi) is 5.82. The van der Waals surface area contributed by atoms with E-state index in [1.54, 1.807) is 17.7 Å². The molecule has 5 rings (SSSR count). The third kappa shape index (κ3) is 4.27. The minimum Gasteiger partial charge on any atom is -0.398 e. The first-order valence-electron chi connectivity index (χ1n) is 10.7. The molecule has 2 aliphatic rings. The number of nitrogens with two attached hydrogens (primary N) is 1. The summed E-state index contributed by atoms with van der Waals surface area (Å²) in [4.78, 5) is 16.6. The summed E-state index contributed by atoms with van der Waals surface area (Å²) in [5.41, 5.74) is 9.46. The van der Waals surface area contributed by atoms with E-state index in [4.69, 9.17) is 15.9 Å². The van der Waals surface area contributed by atoms with Crippen molar-refractivity contribution in [1.82, 2.24) is 19.8 Å². The van der Waals surface area contributed by atoms with Crippen LogP contribution in [0.15, 0.2) is 24.5 Å². The zero-order valence-electron chi connectivity index (χ0n) is 17.4. The number of nitrogens with one attached hydrogen (secondary N) is 2. The largest absolute Gasteiger partial charge is 0.398 e. The number of fused-ring (bicyclic) bond motifs is 3.